The first-order chi connectivity index (χ1) is 17.2. The van der Waals surface area contributed by atoms with Gasteiger partial charge in [-0.25, -0.2) is 9.97 Å². The Labute approximate surface area is 233 Å². The fourth-order valence-electron chi connectivity index (χ4n) is 4.62. The summed E-state index contributed by atoms with van der Waals surface area (Å²) in [5.41, 5.74) is 4.89. The highest BCUT2D eigenvalue weighted by molar-refractivity contribution is 9.10. The zero-order valence-corrected chi connectivity index (χ0v) is 26.9. The molecule has 2 aromatic rings. The second kappa shape index (κ2) is 11.6. The fourth-order valence-corrected chi connectivity index (χ4v) is 6.49. The molecule has 0 spiro atoms. The lowest BCUT2D eigenvalue weighted by Crippen LogP contribution is -2.51. The summed E-state index contributed by atoms with van der Waals surface area (Å²) in [4.78, 5) is 14.5. The number of halogens is 1. The molecule has 1 saturated heterocycles. The van der Waals surface area contributed by atoms with Gasteiger partial charge >= 0.3 is 0 Å². The number of aromatic nitrogens is 2. The van der Waals surface area contributed by atoms with Gasteiger partial charge in [0.05, 0.1) is 36.2 Å². The van der Waals surface area contributed by atoms with Crippen LogP contribution in [0.5, 0.6) is 5.88 Å². The number of ether oxygens (including phenoxy) is 1. The molecule has 0 unspecified atom stereocenters. The first kappa shape index (κ1) is 29.8. The molecule has 3 heterocycles. The monoisotopic (exact) mass is 588 g/mol. The van der Waals surface area contributed by atoms with Crippen LogP contribution in [0.1, 0.15) is 51.8 Å². The minimum Gasteiger partial charge on any atom is -0.480 e. The van der Waals surface area contributed by atoms with Crippen molar-refractivity contribution >= 4 is 29.9 Å². The number of methoxy groups -OCH3 is 1. The first-order valence-corrected chi connectivity index (χ1v) is 16.9. The number of likely N-dealkylation sites (N-methyl/N-ethyl adjacent to an activating group) is 1. The van der Waals surface area contributed by atoms with Gasteiger partial charge in [0.2, 0.25) is 5.88 Å². The van der Waals surface area contributed by atoms with Crippen LogP contribution in [0.15, 0.2) is 35.5 Å². The summed E-state index contributed by atoms with van der Waals surface area (Å²) in [6, 6.07) is 6.54. The van der Waals surface area contributed by atoms with Crippen molar-refractivity contribution in [2.45, 2.75) is 77.7 Å². The van der Waals surface area contributed by atoms with Crippen LogP contribution in [0.3, 0.4) is 0 Å². The van der Waals surface area contributed by atoms with Gasteiger partial charge in [-0.2, -0.15) is 0 Å². The number of pyridine rings is 2. The highest BCUT2D eigenvalue weighted by Crippen LogP contribution is 2.41. The molecule has 0 N–H and O–H groups in total. The van der Waals surface area contributed by atoms with E-state index in [2.05, 4.69) is 112 Å². The van der Waals surface area contributed by atoms with Gasteiger partial charge in [-0.1, -0.05) is 40.7 Å². The van der Waals surface area contributed by atoms with E-state index >= 15 is 0 Å². The van der Waals surface area contributed by atoms with Crippen molar-refractivity contribution in [2.24, 2.45) is 0 Å². The molecule has 6 nitrogen and oxygen atoms in total. The van der Waals surface area contributed by atoms with E-state index in [1.165, 1.54) is 0 Å². The minimum atomic E-state index is -1.94. The lowest BCUT2D eigenvalue weighted by molar-refractivity contribution is 0.172. The molecule has 8 heteroatoms. The Morgan fingerprint density at radius 3 is 2.49 bits per heavy atom. The average Bonchev–Trinajstić information content (AvgIpc) is 3.16. The Hall–Kier alpha value is -1.74. The molecule has 37 heavy (non-hydrogen) atoms. The smallest absolute Gasteiger partial charge is 0.222 e. The zero-order chi connectivity index (χ0) is 27.7. The van der Waals surface area contributed by atoms with Gasteiger partial charge in [0.1, 0.15) is 4.60 Å². The minimum absolute atomic E-state index is 0.116. The molecule has 3 rings (SSSR count). The second-order valence-corrected chi connectivity index (χ2v) is 17.6. The van der Waals surface area contributed by atoms with E-state index in [9.17, 15) is 0 Å². The maximum Gasteiger partial charge on any atom is 0.222 e. The SMILES string of the molecule is C=CCN(c1cc(C)c(-c2ccc(C(C)C)nc2OC)nc1Br)[C@@H]1CN(C)C[C@@H]1O[Si](C)(C)C(C)(C)C. The number of anilines is 1. The van der Waals surface area contributed by atoms with Gasteiger partial charge < -0.3 is 19.0 Å². The van der Waals surface area contributed by atoms with Crippen molar-refractivity contribution < 1.29 is 9.16 Å². The van der Waals surface area contributed by atoms with Crippen molar-refractivity contribution in [1.82, 2.24) is 14.9 Å². The van der Waals surface area contributed by atoms with Crippen LogP contribution in [0, 0.1) is 6.92 Å². The van der Waals surface area contributed by atoms with Gasteiger partial charge in [-0.3, -0.25) is 0 Å². The second-order valence-electron chi connectivity index (χ2n) is 12.1. The van der Waals surface area contributed by atoms with Crippen LogP contribution in [0.25, 0.3) is 11.3 Å². The van der Waals surface area contributed by atoms with E-state index in [4.69, 9.17) is 19.1 Å². The standard InChI is InChI=1S/C29H45BrN4O2Si/c1-12-15-34(24-17-33(8)18-25(24)36-37(10,11)29(5,6)7)23-16-20(4)26(32-27(23)30)21-13-14-22(19(2)3)31-28(21)35-9/h12-14,16,19,24-25H,1,15,17-18H2,2-11H3/t24-,25+/m1/s1. The Morgan fingerprint density at radius 2 is 1.92 bits per heavy atom. The summed E-state index contributed by atoms with van der Waals surface area (Å²) in [5, 5.41) is 0.153. The molecule has 0 aromatic carbocycles. The van der Waals surface area contributed by atoms with E-state index < -0.39 is 8.32 Å². The summed E-state index contributed by atoms with van der Waals surface area (Å²) < 4.78 is 13.5. The first-order valence-electron chi connectivity index (χ1n) is 13.2. The molecular formula is C29H45BrN4O2Si. The molecule has 0 radical (unpaired) electrons. The van der Waals surface area contributed by atoms with Gasteiger partial charge in [0, 0.05) is 25.3 Å². The van der Waals surface area contributed by atoms with Crippen molar-refractivity contribution in [2.75, 3.05) is 38.7 Å². The number of likely N-dealkylation sites (tertiary alicyclic amines) is 1. The van der Waals surface area contributed by atoms with Gasteiger partial charge in [-0.05, 0) is 77.7 Å². The van der Waals surface area contributed by atoms with Crippen molar-refractivity contribution in [3.05, 3.63) is 46.7 Å². The molecule has 204 valence electrons. The summed E-state index contributed by atoms with van der Waals surface area (Å²) >= 11 is 3.81. The molecule has 1 aliphatic heterocycles. The summed E-state index contributed by atoms with van der Waals surface area (Å²) in [6.07, 6.45) is 2.08. The number of rotatable bonds is 9. The molecule has 1 aliphatic rings. The van der Waals surface area contributed by atoms with Crippen LogP contribution in [0.4, 0.5) is 5.69 Å². The molecule has 1 fully saturated rings. The fraction of sp³-hybridized carbons (Fsp3) is 0.586. The molecule has 2 aromatic heterocycles. The number of aryl methyl sites for hydroxylation is 1. The normalized spacial score (nSPS) is 18.9. The topological polar surface area (TPSA) is 50.7 Å². The van der Waals surface area contributed by atoms with Gasteiger partial charge in [-0.15, -0.1) is 6.58 Å². The van der Waals surface area contributed by atoms with Crippen LogP contribution in [-0.4, -0.2) is 69.1 Å². The molecule has 0 bridgehead atoms. The Kier molecular flexibility index (Phi) is 9.31. The molecule has 0 saturated carbocycles. The van der Waals surface area contributed by atoms with E-state index in [0.29, 0.717) is 18.3 Å². The molecule has 0 aliphatic carbocycles. The quantitative estimate of drug-likeness (QED) is 0.178. The van der Waals surface area contributed by atoms with Gasteiger partial charge in [0.15, 0.2) is 8.32 Å². The van der Waals surface area contributed by atoms with Crippen molar-refractivity contribution in [1.29, 1.82) is 0 Å². The Bertz CT molecular complexity index is 1120. The van der Waals surface area contributed by atoms with Crippen LogP contribution in [0.2, 0.25) is 18.1 Å². The van der Waals surface area contributed by atoms with Crippen LogP contribution in [-0.2, 0) is 4.43 Å². The Morgan fingerprint density at radius 1 is 1.24 bits per heavy atom. The molecular weight excluding hydrogens is 544 g/mol. The van der Waals surface area contributed by atoms with Crippen molar-refractivity contribution in [3.8, 4) is 17.1 Å². The predicted octanol–water partition coefficient (Wildman–Crippen LogP) is 7.04. The summed E-state index contributed by atoms with van der Waals surface area (Å²) in [7, 11) is 1.90. The highest BCUT2D eigenvalue weighted by atomic mass is 79.9. The number of nitrogens with zero attached hydrogens (tertiary/aromatic N) is 4. The largest absolute Gasteiger partial charge is 0.480 e. The molecule has 0 amide bonds. The predicted molar refractivity (Wildman–Crippen MR) is 161 cm³/mol. The van der Waals surface area contributed by atoms with Crippen molar-refractivity contribution in [3.63, 3.8) is 0 Å². The molecule has 2 atom stereocenters. The maximum absolute atomic E-state index is 6.98. The van der Waals surface area contributed by atoms with Crippen LogP contribution < -0.4 is 9.64 Å². The average molecular weight is 590 g/mol. The summed E-state index contributed by atoms with van der Waals surface area (Å²) in [5.74, 6) is 0.925. The third-order valence-electron chi connectivity index (χ3n) is 7.78. The van der Waals surface area contributed by atoms with Gasteiger partial charge in [0.25, 0.3) is 0 Å². The Balaban J connectivity index is 2.02. The third-order valence-corrected chi connectivity index (χ3v) is 12.9. The number of hydrogen-bond acceptors (Lipinski definition) is 6. The maximum atomic E-state index is 6.98. The van der Waals surface area contributed by atoms with E-state index in [-0.39, 0.29) is 17.2 Å². The highest BCUT2D eigenvalue weighted by Gasteiger charge is 2.44. The van der Waals surface area contributed by atoms with E-state index in [1.54, 1.807) is 7.11 Å². The lowest BCUT2D eigenvalue weighted by Gasteiger charge is -2.42. The third kappa shape index (κ3) is 6.46. The summed E-state index contributed by atoms with van der Waals surface area (Å²) in [6.45, 7) is 24.6. The van der Waals surface area contributed by atoms with E-state index in [1.807, 2.05) is 6.08 Å². The lowest BCUT2D eigenvalue weighted by atomic mass is 10.0. The van der Waals surface area contributed by atoms with E-state index in [0.717, 1.165) is 45.9 Å². The number of hydrogen-bond donors (Lipinski definition) is 0. The zero-order valence-electron chi connectivity index (χ0n) is 24.4. The van der Waals surface area contributed by atoms with Crippen LogP contribution >= 0.6 is 15.9 Å².